The van der Waals surface area contributed by atoms with Crippen LogP contribution < -0.4 is 0 Å². The molecule has 134 valence electrons. The van der Waals surface area contributed by atoms with Gasteiger partial charge in [-0.05, 0) is 24.1 Å². The van der Waals surface area contributed by atoms with Gasteiger partial charge < -0.3 is 4.90 Å². The van der Waals surface area contributed by atoms with Crippen LogP contribution in [-0.2, 0) is 9.84 Å². The topological polar surface area (TPSA) is 54.5 Å². The van der Waals surface area contributed by atoms with Gasteiger partial charge in [0.1, 0.15) is 4.34 Å². The van der Waals surface area contributed by atoms with Crippen molar-refractivity contribution in [2.75, 3.05) is 18.8 Å². The molecule has 2 aromatic rings. The van der Waals surface area contributed by atoms with E-state index >= 15 is 0 Å². The second kappa shape index (κ2) is 7.45. The number of hydrogen-bond donors (Lipinski definition) is 0. The van der Waals surface area contributed by atoms with E-state index in [9.17, 15) is 13.2 Å². The standard InChI is InChI=1S/C16H14Cl3NO3S2/c17-12-4-2-1-3-10(12)13-5-6-20(7-8-25(13,22)23)16(21)11-9-14(18)24-15(11)19/h1-4,9,13H,5-8H2/t13-/m1/s1. The third kappa shape index (κ3) is 3.98. The maximum absolute atomic E-state index is 12.7. The summed E-state index contributed by atoms with van der Waals surface area (Å²) < 4.78 is 26.1. The fourth-order valence-electron chi connectivity index (χ4n) is 2.89. The molecule has 0 aliphatic carbocycles. The van der Waals surface area contributed by atoms with Gasteiger partial charge in [0.25, 0.3) is 5.91 Å². The fourth-order valence-corrected chi connectivity index (χ4v) is 6.49. The summed E-state index contributed by atoms with van der Waals surface area (Å²) in [5.41, 5.74) is 0.889. The van der Waals surface area contributed by atoms with Gasteiger partial charge in [0.15, 0.2) is 9.84 Å². The van der Waals surface area contributed by atoms with Crippen molar-refractivity contribution >= 4 is 61.9 Å². The molecule has 1 aromatic carbocycles. The maximum atomic E-state index is 12.7. The highest BCUT2D eigenvalue weighted by Gasteiger charge is 2.34. The minimum atomic E-state index is -3.42. The van der Waals surface area contributed by atoms with Crippen LogP contribution in [0.25, 0.3) is 0 Å². The summed E-state index contributed by atoms with van der Waals surface area (Å²) in [6, 6.07) is 8.43. The summed E-state index contributed by atoms with van der Waals surface area (Å²) in [4.78, 5) is 14.2. The zero-order valence-corrected chi connectivity index (χ0v) is 16.8. The molecular formula is C16H14Cl3NO3S2. The van der Waals surface area contributed by atoms with Gasteiger partial charge in [-0.1, -0.05) is 53.0 Å². The molecule has 25 heavy (non-hydrogen) atoms. The van der Waals surface area contributed by atoms with Crippen molar-refractivity contribution in [2.24, 2.45) is 0 Å². The van der Waals surface area contributed by atoms with Crippen molar-refractivity contribution in [3.63, 3.8) is 0 Å². The van der Waals surface area contributed by atoms with E-state index in [1.807, 2.05) is 0 Å². The molecule has 2 heterocycles. The number of rotatable bonds is 2. The molecule has 1 aliphatic rings. The van der Waals surface area contributed by atoms with Crippen molar-refractivity contribution in [2.45, 2.75) is 11.7 Å². The SMILES string of the molecule is O=C(c1cc(Cl)sc1Cl)N1CC[C@H](c2ccccc2Cl)S(=O)(=O)CC1. The van der Waals surface area contributed by atoms with Gasteiger partial charge in [-0.25, -0.2) is 8.42 Å². The van der Waals surface area contributed by atoms with Crippen molar-refractivity contribution in [3.05, 3.63) is 55.2 Å². The Kier molecular flexibility index (Phi) is 5.66. The lowest BCUT2D eigenvalue weighted by Crippen LogP contribution is -2.33. The quantitative estimate of drug-likeness (QED) is 0.682. The van der Waals surface area contributed by atoms with Crippen molar-refractivity contribution in [3.8, 4) is 0 Å². The van der Waals surface area contributed by atoms with Crippen LogP contribution in [0.4, 0.5) is 0 Å². The lowest BCUT2D eigenvalue weighted by atomic mass is 10.1. The number of amides is 1. The Balaban J connectivity index is 1.87. The molecule has 1 atom stereocenters. The highest BCUT2D eigenvalue weighted by molar-refractivity contribution is 7.91. The van der Waals surface area contributed by atoms with Crippen LogP contribution in [0.15, 0.2) is 30.3 Å². The van der Waals surface area contributed by atoms with Crippen LogP contribution in [0.2, 0.25) is 13.7 Å². The summed E-state index contributed by atoms with van der Waals surface area (Å²) in [5, 5.41) is -0.302. The molecule has 0 unspecified atom stereocenters. The van der Waals surface area contributed by atoms with E-state index in [1.165, 1.54) is 11.0 Å². The summed E-state index contributed by atoms with van der Waals surface area (Å²) in [7, 11) is -3.42. The van der Waals surface area contributed by atoms with Gasteiger partial charge in [-0.2, -0.15) is 0 Å². The number of halogens is 3. The van der Waals surface area contributed by atoms with Crippen LogP contribution >= 0.6 is 46.1 Å². The van der Waals surface area contributed by atoms with E-state index in [0.717, 1.165) is 11.3 Å². The molecule has 4 nitrogen and oxygen atoms in total. The lowest BCUT2D eigenvalue weighted by molar-refractivity contribution is 0.0767. The molecule has 0 radical (unpaired) electrons. The Morgan fingerprint density at radius 3 is 2.52 bits per heavy atom. The Labute approximate surface area is 165 Å². The van der Waals surface area contributed by atoms with E-state index in [0.29, 0.717) is 31.4 Å². The van der Waals surface area contributed by atoms with Crippen LogP contribution in [0.1, 0.15) is 27.6 Å². The highest BCUT2D eigenvalue weighted by Crippen LogP contribution is 2.35. The average molecular weight is 439 g/mol. The zero-order valence-electron chi connectivity index (χ0n) is 12.9. The van der Waals surface area contributed by atoms with Crippen molar-refractivity contribution in [1.82, 2.24) is 4.90 Å². The molecule has 3 rings (SSSR count). The van der Waals surface area contributed by atoms with E-state index in [4.69, 9.17) is 34.8 Å². The minimum absolute atomic E-state index is 0.117. The number of hydrogen-bond acceptors (Lipinski definition) is 4. The zero-order chi connectivity index (χ0) is 18.2. The van der Waals surface area contributed by atoms with E-state index in [2.05, 4.69) is 0 Å². The first-order valence-electron chi connectivity index (χ1n) is 7.49. The second-order valence-corrected chi connectivity index (χ2v) is 10.7. The molecular weight excluding hydrogens is 425 g/mol. The molecule has 0 saturated carbocycles. The minimum Gasteiger partial charge on any atom is -0.338 e. The summed E-state index contributed by atoms with van der Waals surface area (Å²) >= 11 is 19.2. The average Bonchev–Trinajstić information content (AvgIpc) is 2.80. The summed E-state index contributed by atoms with van der Waals surface area (Å²) in [6.45, 7) is 0.420. The van der Waals surface area contributed by atoms with Gasteiger partial charge in [-0.15, -0.1) is 11.3 Å². The molecule has 1 fully saturated rings. The first-order valence-corrected chi connectivity index (χ1v) is 11.2. The Hall–Kier alpha value is -0.790. The third-order valence-corrected chi connectivity index (χ3v) is 8.11. The number of thiophene rings is 1. The van der Waals surface area contributed by atoms with Gasteiger partial charge in [0.2, 0.25) is 0 Å². The number of carbonyl (C=O) groups is 1. The number of sulfone groups is 1. The van der Waals surface area contributed by atoms with Gasteiger partial charge >= 0.3 is 0 Å². The van der Waals surface area contributed by atoms with Gasteiger partial charge in [-0.3, -0.25) is 4.79 Å². The van der Waals surface area contributed by atoms with Gasteiger partial charge in [0.05, 0.1) is 20.9 Å². The van der Waals surface area contributed by atoms with Crippen LogP contribution in [-0.4, -0.2) is 38.1 Å². The number of carbonyl (C=O) groups excluding carboxylic acids is 1. The molecule has 0 spiro atoms. The van der Waals surface area contributed by atoms with E-state index in [1.54, 1.807) is 24.3 Å². The second-order valence-electron chi connectivity index (χ2n) is 5.70. The molecule has 9 heteroatoms. The van der Waals surface area contributed by atoms with Crippen molar-refractivity contribution < 1.29 is 13.2 Å². The summed E-state index contributed by atoms with van der Waals surface area (Å²) in [5.74, 6) is -0.424. The van der Waals surface area contributed by atoms with Gasteiger partial charge in [0, 0.05) is 18.1 Å². The first kappa shape index (κ1) is 19.0. The Morgan fingerprint density at radius 1 is 1.16 bits per heavy atom. The van der Waals surface area contributed by atoms with Crippen LogP contribution in [0, 0.1) is 0 Å². The maximum Gasteiger partial charge on any atom is 0.256 e. The highest BCUT2D eigenvalue weighted by atomic mass is 35.5. The predicted molar refractivity (Wildman–Crippen MR) is 103 cm³/mol. The largest absolute Gasteiger partial charge is 0.338 e. The first-order chi connectivity index (χ1) is 11.8. The third-order valence-electron chi connectivity index (χ3n) is 4.17. The van der Waals surface area contributed by atoms with Crippen molar-refractivity contribution in [1.29, 1.82) is 0 Å². The smallest absolute Gasteiger partial charge is 0.256 e. The Morgan fingerprint density at radius 2 is 1.88 bits per heavy atom. The molecule has 0 bridgehead atoms. The molecule has 0 N–H and O–H groups in total. The summed E-state index contributed by atoms with van der Waals surface area (Å²) in [6.07, 6.45) is 0.285. The number of nitrogens with zero attached hydrogens (tertiary/aromatic N) is 1. The van der Waals surface area contributed by atoms with E-state index < -0.39 is 15.1 Å². The Bertz CT molecular complexity index is 911. The van der Waals surface area contributed by atoms with Crippen LogP contribution in [0.3, 0.4) is 0 Å². The molecule has 1 aromatic heterocycles. The lowest BCUT2D eigenvalue weighted by Gasteiger charge is -2.19. The predicted octanol–water partition coefficient (Wildman–Crippen LogP) is 4.71. The van der Waals surface area contributed by atoms with Crippen LogP contribution in [0.5, 0.6) is 0 Å². The molecule has 1 amide bonds. The normalized spacial score (nSPS) is 20.3. The monoisotopic (exact) mass is 437 g/mol. The fraction of sp³-hybridized carbons (Fsp3) is 0.312. The number of benzene rings is 1. The molecule has 1 aliphatic heterocycles. The molecule has 1 saturated heterocycles. The van der Waals surface area contributed by atoms with E-state index in [-0.39, 0.29) is 24.6 Å².